The van der Waals surface area contributed by atoms with E-state index in [9.17, 15) is 0 Å². The predicted octanol–water partition coefficient (Wildman–Crippen LogP) is 1.63. The summed E-state index contributed by atoms with van der Waals surface area (Å²) in [5.41, 5.74) is 3.35. The SMILES string of the molecule is CC=C=C(C)C#N. The number of rotatable bonds is 0. The van der Waals surface area contributed by atoms with Crippen LogP contribution in [0.25, 0.3) is 0 Å². The summed E-state index contributed by atoms with van der Waals surface area (Å²) in [4.78, 5) is 0. The predicted molar refractivity (Wildman–Crippen MR) is 28.6 cm³/mol. The van der Waals surface area contributed by atoms with E-state index in [1.165, 1.54) is 0 Å². The highest BCUT2D eigenvalue weighted by Gasteiger charge is 1.71. The molecule has 0 aliphatic heterocycles. The van der Waals surface area contributed by atoms with Gasteiger partial charge in [0.25, 0.3) is 0 Å². The minimum Gasteiger partial charge on any atom is -0.192 e. The van der Waals surface area contributed by atoms with E-state index in [-0.39, 0.29) is 0 Å². The fraction of sp³-hybridized carbons (Fsp3) is 0.333. The summed E-state index contributed by atoms with van der Waals surface area (Å²) in [5.74, 6) is 0. The van der Waals surface area contributed by atoms with Crippen molar-refractivity contribution in [1.29, 1.82) is 5.26 Å². The van der Waals surface area contributed by atoms with Gasteiger partial charge in [0.2, 0.25) is 0 Å². The zero-order valence-electron chi connectivity index (χ0n) is 4.52. The molecule has 1 heteroatoms. The maximum atomic E-state index is 8.10. The Bertz CT molecular complexity index is 142. The van der Waals surface area contributed by atoms with Gasteiger partial charge in [-0.3, -0.25) is 0 Å². The molecule has 0 amide bonds. The molecule has 0 radical (unpaired) electrons. The van der Waals surface area contributed by atoms with Gasteiger partial charge in [-0.2, -0.15) is 5.26 Å². The fourth-order valence-corrected chi connectivity index (χ4v) is 0.249. The van der Waals surface area contributed by atoms with Crippen LogP contribution in [-0.2, 0) is 0 Å². The van der Waals surface area contributed by atoms with Crippen LogP contribution < -0.4 is 0 Å². The Labute approximate surface area is 43.6 Å². The van der Waals surface area contributed by atoms with Gasteiger partial charge < -0.3 is 0 Å². The Hall–Kier alpha value is -0.990. The molecular formula is C6H7N. The quantitative estimate of drug-likeness (QED) is 0.330. The summed E-state index contributed by atoms with van der Waals surface area (Å²) in [7, 11) is 0. The molecule has 0 fully saturated rings. The highest BCUT2D eigenvalue weighted by atomic mass is 14.2. The smallest absolute Gasteiger partial charge is 0.103 e. The fourth-order valence-electron chi connectivity index (χ4n) is 0.249. The van der Waals surface area contributed by atoms with Gasteiger partial charge in [0.1, 0.15) is 6.07 Å². The molecule has 0 heterocycles. The van der Waals surface area contributed by atoms with Crippen LogP contribution in [-0.4, -0.2) is 0 Å². The molecule has 0 saturated heterocycles. The van der Waals surface area contributed by atoms with Crippen LogP contribution in [0.2, 0.25) is 0 Å². The van der Waals surface area contributed by atoms with Crippen molar-refractivity contribution in [1.82, 2.24) is 0 Å². The maximum absolute atomic E-state index is 8.10. The standard InChI is InChI=1S/C6H7N/c1-3-4-6(2)5-7/h3H,1-2H3. The van der Waals surface area contributed by atoms with Gasteiger partial charge in [-0.1, -0.05) is 0 Å². The summed E-state index contributed by atoms with van der Waals surface area (Å²) in [5, 5.41) is 8.10. The van der Waals surface area contributed by atoms with Crippen LogP contribution in [0.15, 0.2) is 17.4 Å². The Balaban J connectivity index is 4.10. The van der Waals surface area contributed by atoms with Crippen LogP contribution in [0.1, 0.15) is 13.8 Å². The normalized spacial score (nSPS) is 5.86. The van der Waals surface area contributed by atoms with Gasteiger partial charge in [-0.25, -0.2) is 0 Å². The molecule has 0 aromatic carbocycles. The molecule has 0 atom stereocenters. The first kappa shape index (κ1) is 6.01. The molecule has 0 aliphatic rings. The third-order valence-corrected chi connectivity index (χ3v) is 0.529. The van der Waals surface area contributed by atoms with Crippen LogP contribution >= 0.6 is 0 Å². The van der Waals surface area contributed by atoms with Crippen molar-refractivity contribution in [2.45, 2.75) is 13.8 Å². The van der Waals surface area contributed by atoms with E-state index < -0.39 is 0 Å². The zero-order valence-corrected chi connectivity index (χ0v) is 4.52. The molecule has 0 spiro atoms. The Morgan fingerprint density at radius 2 is 2.29 bits per heavy atom. The number of hydrogen-bond acceptors (Lipinski definition) is 1. The second-order valence-electron chi connectivity index (χ2n) is 1.17. The second kappa shape index (κ2) is 3.21. The summed E-state index contributed by atoms with van der Waals surface area (Å²) in [6, 6.07) is 1.94. The minimum atomic E-state index is 0.627. The lowest BCUT2D eigenvalue weighted by Crippen LogP contribution is -1.56. The van der Waals surface area contributed by atoms with Crippen LogP contribution in [0, 0.1) is 11.3 Å². The summed E-state index contributed by atoms with van der Waals surface area (Å²) in [6.07, 6.45) is 1.72. The molecular weight excluding hydrogens is 86.1 g/mol. The van der Waals surface area contributed by atoms with E-state index >= 15 is 0 Å². The van der Waals surface area contributed by atoms with Gasteiger partial charge in [0, 0.05) is 0 Å². The summed E-state index contributed by atoms with van der Waals surface area (Å²) < 4.78 is 0. The van der Waals surface area contributed by atoms with Gasteiger partial charge >= 0.3 is 0 Å². The van der Waals surface area contributed by atoms with Crippen molar-refractivity contribution in [3.05, 3.63) is 17.4 Å². The van der Waals surface area contributed by atoms with Crippen molar-refractivity contribution in [2.24, 2.45) is 0 Å². The van der Waals surface area contributed by atoms with Crippen molar-refractivity contribution in [2.75, 3.05) is 0 Å². The number of nitrogens with zero attached hydrogens (tertiary/aromatic N) is 1. The monoisotopic (exact) mass is 93.1 g/mol. The van der Waals surface area contributed by atoms with E-state index in [1.807, 2.05) is 13.0 Å². The molecule has 0 aromatic heterocycles. The lowest BCUT2D eigenvalue weighted by molar-refractivity contribution is 1.45. The molecule has 0 bridgehead atoms. The molecule has 0 aliphatic carbocycles. The Morgan fingerprint density at radius 3 is 2.43 bits per heavy atom. The Morgan fingerprint density at radius 1 is 1.71 bits per heavy atom. The van der Waals surface area contributed by atoms with Gasteiger partial charge in [-0.15, -0.1) is 5.73 Å². The van der Waals surface area contributed by atoms with Gasteiger partial charge in [-0.05, 0) is 19.9 Å². The topological polar surface area (TPSA) is 23.8 Å². The number of hydrogen-bond donors (Lipinski definition) is 0. The molecule has 0 saturated carbocycles. The van der Waals surface area contributed by atoms with Gasteiger partial charge in [0.05, 0.1) is 5.57 Å². The third kappa shape index (κ3) is 2.82. The van der Waals surface area contributed by atoms with E-state index in [4.69, 9.17) is 5.26 Å². The summed E-state index contributed by atoms with van der Waals surface area (Å²) in [6.45, 7) is 3.56. The van der Waals surface area contributed by atoms with E-state index in [1.54, 1.807) is 13.0 Å². The minimum absolute atomic E-state index is 0.627. The largest absolute Gasteiger partial charge is 0.192 e. The van der Waals surface area contributed by atoms with Crippen molar-refractivity contribution in [3.8, 4) is 6.07 Å². The second-order valence-corrected chi connectivity index (χ2v) is 1.17. The molecule has 0 aromatic rings. The molecule has 1 nitrogen and oxygen atoms in total. The number of nitriles is 1. The third-order valence-electron chi connectivity index (χ3n) is 0.529. The first-order chi connectivity index (χ1) is 3.31. The van der Waals surface area contributed by atoms with Crippen LogP contribution in [0.3, 0.4) is 0 Å². The van der Waals surface area contributed by atoms with Gasteiger partial charge in [0.15, 0.2) is 0 Å². The lowest BCUT2D eigenvalue weighted by atomic mass is 10.4. The van der Waals surface area contributed by atoms with E-state index in [0.29, 0.717) is 5.57 Å². The number of allylic oxidation sites excluding steroid dienone is 1. The average molecular weight is 93.1 g/mol. The Kier molecular flexibility index (Phi) is 2.76. The van der Waals surface area contributed by atoms with Crippen molar-refractivity contribution in [3.63, 3.8) is 0 Å². The first-order valence-corrected chi connectivity index (χ1v) is 2.09. The first-order valence-electron chi connectivity index (χ1n) is 2.09. The van der Waals surface area contributed by atoms with E-state index in [0.717, 1.165) is 0 Å². The average Bonchev–Trinajstić information content (AvgIpc) is 1.68. The molecule has 36 valence electrons. The van der Waals surface area contributed by atoms with Crippen molar-refractivity contribution >= 4 is 0 Å². The molecule has 0 N–H and O–H groups in total. The van der Waals surface area contributed by atoms with Crippen LogP contribution in [0.5, 0.6) is 0 Å². The maximum Gasteiger partial charge on any atom is 0.103 e. The summed E-state index contributed by atoms with van der Waals surface area (Å²) >= 11 is 0. The van der Waals surface area contributed by atoms with Crippen LogP contribution in [0.4, 0.5) is 0 Å². The zero-order chi connectivity index (χ0) is 5.70. The highest BCUT2D eigenvalue weighted by Crippen LogP contribution is 1.81. The molecule has 0 rings (SSSR count). The highest BCUT2D eigenvalue weighted by molar-refractivity contribution is 5.15. The lowest BCUT2D eigenvalue weighted by Gasteiger charge is -1.66. The molecule has 7 heavy (non-hydrogen) atoms. The van der Waals surface area contributed by atoms with E-state index in [2.05, 4.69) is 5.73 Å². The van der Waals surface area contributed by atoms with Crippen molar-refractivity contribution < 1.29 is 0 Å². The molecule has 0 unspecified atom stereocenters.